The molecule has 1 aromatic heterocycles. The van der Waals surface area contributed by atoms with Gasteiger partial charge in [0.25, 0.3) is 0 Å². The fraction of sp³-hybridized carbons (Fsp3) is 0.222. The zero-order chi connectivity index (χ0) is 18.1. The molecule has 0 spiro atoms. The molecular weight excluding hydrogens is 352 g/mol. The van der Waals surface area contributed by atoms with E-state index in [2.05, 4.69) is 9.97 Å². The summed E-state index contributed by atoms with van der Waals surface area (Å²) < 4.78 is 32.1. The monoisotopic (exact) mass is 370 g/mol. The Morgan fingerprint density at radius 3 is 2.38 bits per heavy atom. The number of fused-ring (bicyclic) bond motifs is 1. The van der Waals surface area contributed by atoms with Crippen LogP contribution >= 0.6 is 0 Å². The van der Waals surface area contributed by atoms with E-state index in [1.807, 2.05) is 18.2 Å². The van der Waals surface area contributed by atoms with Gasteiger partial charge in [0.15, 0.2) is 0 Å². The summed E-state index contributed by atoms with van der Waals surface area (Å²) in [6, 6.07) is 12.6. The number of rotatable bonds is 3. The van der Waals surface area contributed by atoms with Crippen LogP contribution in [-0.2, 0) is 14.8 Å². The van der Waals surface area contributed by atoms with Crippen LogP contribution in [0.3, 0.4) is 0 Å². The molecule has 0 aliphatic carbocycles. The zero-order valence-electron chi connectivity index (χ0n) is 14.0. The maximum Gasteiger partial charge on any atom is 0.243 e. The van der Waals surface area contributed by atoms with Crippen molar-refractivity contribution in [2.75, 3.05) is 32.0 Å². The van der Waals surface area contributed by atoms with Crippen molar-refractivity contribution < 1.29 is 13.2 Å². The fourth-order valence-electron chi connectivity index (χ4n) is 3.01. The molecule has 8 heteroatoms. The predicted molar refractivity (Wildman–Crippen MR) is 99.0 cm³/mol. The van der Waals surface area contributed by atoms with Crippen molar-refractivity contribution in [3.63, 3.8) is 0 Å². The highest BCUT2D eigenvalue weighted by molar-refractivity contribution is 7.89. The highest BCUT2D eigenvalue weighted by atomic mass is 32.2. The fourth-order valence-corrected chi connectivity index (χ4v) is 4.42. The van der Waals surface area contributed by atoms with Crippen molar-refractivity contribution in [2.24, 2.45) is 0 Å². The minimum atomic E-state index is -3.49. The third-order valence-electron chi connectivity index (χ3n) is 4.46. The van der Waals surface area contributed by atoms with Gasteiger partial charge in [-0.2, -0.15) is 4.31 Å². The van der Waals surface area contributed by atoms with Gasteiger partial charge in [-0.3, -0.25) is 0 Å². The molecule has 134 valence electrons. The number of aromatic nitrogens is 2. The van der Waals surface area contributed by atoms with Crippen molar-refractivity contribution in [3.05, 3.63) is 48.8 Å². The summed E-state index contributed by atoms with van der Waals surface area (Å²) in [5, 5.41) is 0.773. The van der Waals surface area contributed by atoms with Crippen LogP contribution in [0.4, 0.5) is 5.82 Å². The summed E-state index contributed by atoms with van der Waals surface area (Å²) in [7, 11) is -3.49. The van der Waals surface area contributed by atoms with Gasteiger partial charge in [-0.25, -0.2) is 18.4 Å². The van der Waals surface area contributed by atoms with Gasteiger partial charge >= 0.3 is 0 Å². The summed E-state index contributed by atoms with van der Waals surface area (Å²) in [5.41, 5.74) is 8.52. The van der Waals surface area contributed by atoms with Gasteiger partial charge in [-0.15, -0.1) is 0 Å². The van der Waals surface area contributed by atoms with Crippen LogP contribution in [0.2, 0.25) is 0 Å². The molecule has 1 saturated heterocycles. The summed E-state index contributed by atoms with van der Waals surface area (Å²) in [5.74, 6) is 0.420. The molecule has 2 N–H and O–H groups in total. The highest BCUT2D eigenvalue weighted by Gasteiger charge is 2.26. The van der Waals surface area contributed by atoms with Gasteiger partial charge in [0.2, 0.25) is 10.0 Å². The van der Waals surface area contributed by atoms with Gasteiger partial charge in [0, 0.05) is 18.5 Å². The van der Waals surface area contributed by atoms with E-state index in [1.165, 1.54) is 10.6 Å². The lowest BCUT2D eigenvalue weighted by Crippen LogP contribution is -2.40. The minimum absolute atomic E-state index is 0.284. The number of nitrogen functional groups attached to an aromatic ring is 1. The Morgan fingerprint density at radius 2 is 1.65 bits per heavy atom. The highest BCUT2D eigenvalue weighted by Crippen LogP contribution is 2.27. The second kappa shape index (κ2) is 6.64. The first kappa shape index (κ1) is 16.9. The van der Waals surface area contributed by atoms with Crippen LogP contribution in [0.1, 0.15) is 0 Å². The minimum Gasteiger partial charge on any atom is -0.383 e. The molecule has 0 amide bonds. The van der Waals surface area contributed by atoms with Crippen LogP contribution in [0.5, 0.6) is 0 Å². The Bertz CT molecular complexity index is 1050. The molecule has 0 atom stereocenters. The standard InChI is InChI=1S/C18H18N4O3S/c19-18-16-11-14(3-6-17(16)20-12-21-18)13-1-4-15(5-2-13)26(23,24)22-7-9-25-10-8-22/h1-6,11-12H,7-10H2,(H2,19,20,21). The number of hydrogen-bond donors (Lipinski definition) is 1. The van der Waals surface area contributed by atoms with Crippen LogP contribution in [0.25, 0.3) is 22.0 Å². The van der Waals surface area contributed by atoms with E-state index >= 15 is 0 Å². The van der Waals surface area contributed by atoms with E-state index in [0.29, 0.717) is 32.1 Å². The number of morpholine rings is 1. The summed E-state index contributed by atoms with van der Waals surface area (Å²) >= 11 is 0. The van der Waals surface area contributed by atoms with Crippen LogP contribution in [0.15, 0.2) is 53.7 Å². The van der Waals surface area contributed by atoms with Crippen molar-refractivity contribution in [1.29, 1.82) is 0 Å². The molecular formula is C18H18N4O3S. The molecule has 0 radical (unpaired) electrons. The molecule has 0 unspecified atom stereocenters. The molecule has 0 bridgehead atoms. The lowest BCUT2D eigenvalue weighted by atomic mass is 10.0. The largest absolute Gasteiger partial charge is 0.383 e. The van der Waals surface area contributed by atoms with Crippen molar-refractivity contribution in [1.82, 2.24) is 14.3 Å². The topological polar surface area (TPSA) is 98.4 Å². The Hall–Kier alpha value is -2.55. The average Bonchev–Trinajstić information content (AvgIpc) is 2.69. The molecule has 1 aliphatic heterocycles. The molecule has 1 aliphatic rings. The Morgan fingerprint density at radius 1 is 0.962 bits per heavy atom. The molecule has 7 nitrogen and oxygen atoms in total. The van der Waals surface area contributed by atoms with Crippen molar-refractivity contribution in [2.45, 2.75) is 4.90 Å². The van der Waals surface area contributed by atoms with Crippen LogP contribution < -0.4 is 5.73 Å². The Labute approximate surface area is 151 Å². The van der Waals surface area contributed by atoms with Gasteiger partial charge < -0.3 is 10.5 Å². The summed E-state index contributed by atoms with van der Waals surface area (Å²) in [6.45, 7) is 1.62. The maximum atomic E-state index is 12.7. The second-order valence-corrected chi connectivity index (χ2v) is 7.97. The quantitative estimate of drug-likeness (QED) is 0.756. The van der Waals surface area contributed by atoms with E-state index < -0.39 is 10.0 Å². The molecule has 2 heterocycles. The summed E-state index contributed by atoms with van der Waals surface area (Å²) in [4.78, 5) is 8.48. The second-order valence-electron chi connectivity index (χ2n) is 6.03. The number of sulfonamides is 1. The molecule has 0 saturated carbocycles. The Kier molecular flexibility index (Phi) is 4.31. The number of nitrogens with zero attached hydrogens (tertiary/aromatic N) is 3. The maximum absolute atomic E-state index is 12.7. The lowest BCUT2D eigenvalue weighted by Gasteiger charge is -2.26. The third-order valence-corrected chi connectivity index (χ3v) is 6.37. The summed E-state index contributed by atoms with van der Waals surface area (Å²) in [6.07, 6.45) is 1.43. The van der Waals surface area contributed by atoms with Gasteiger partial charge in [-0.05, 0) is 35.4 Å². The van der Waals surface area contributed by atoms with Crippen molar-refractivity contribution >= 4 is 26.7 Å². The number of benzene rings is 2. The lowest BCUT2D eigenvalue weighted by molar-refractivity contribution is 0.0730. The number of hydrogen-bond acceptors (Lipinski definition) is 6. The molecule has 2 aromatic carbocycles. The predicted octanol–water partition coefficient (Wildman–Crippen LogP) is 1.90. The molecule has 26 heavy (non-hydrogen) atoms. The zero-order valence-corrected chi connectivity index (χ0v) is 14.8. The van der Waals surface area contributed by atoms with E-state index in [4.69, 9.17) is 10.5 Å². The van der Waals surface area contributed by atoms with E-state index in [-0.39, 0.29) is 4.90 Å². The van der Waals surface area contributed by atoms with Gasteiger partial charge in [-0.1, -0.05) is 18.2 Å². The van der Waals surface area contributed by atoms with E-state index in [1.54, 1.807) is 24.3 Å². The SMILES string of the molecule is Nc1ncnc2ccc(-c3ccc(S(=O)(=O)N4CCOCC4)cc3)cc12. The first-order chi connectivity index (χ1) is 12.6. The van der Waals surface area contributed by atoms with Crippen molar-refractivity contribution in [3.8, 4) is 11.1 Å². The first-order valence-electron chi connectivity index (χ1n) is 8.24. The number of ether oxygens (including phenoxy) is 1. The normalized spacial score (nSPS) is 16.0. The first-order valence-corrected chi connectivity index (χ1v) is 9.68. The van der Waals surface area contributed by atoms with Gasteiger partial charge in [0.1, 0.15) is 12.1 Å². The smallest absolute Gasteiger partial charge is 0.243 e. The molecule has 1 fully saturated rings. The average molecular weight is 370 g/mol. The van der Waals surface area contributed by atoms with Crippen LogP contribution in [-0.4, -0.2) is 49.0 Å². The molecule has 4 rings (SSSR count). The number of nitrogens with two attached hydrogens (primary N) is 1. The molecule has 3 aromatic rings. The third kappa shape index (κ3) is 3.03. The van der Waals surface area contributed by atoms with Gasteiger partial charge in [0.05, 0.1) is 23.6 Å². The van der Waals surface area contributed by atoms with E-state index in [0.717, 1.165) is 22.0 Å². The Balaban J connectivity index is 1.67. The number of anilines is 1. The van der Waals surface area contributed by atoms with E-state index in [9.17, 15) is 8.42 Å². The van der Waals surface area contributed by atoms with Crippen LogP contribution in [0, 0.1) is 0 Å².